The number of aliphatic carboxylic acids is 5. The largest absolute Gasteiger partial charge is 0.508 e. The molecule has 38 heteroatoms. The van der Waals surface area contributed by atoms with E-state index in [9.17, 15) is 106 Å². The summed E-state index contributed by atoms with van der Waals surface area (Å²) >= 11 is 0. The smallest absolute Gasteiger partial charge is 0.341 e. The number of nitrogens with zero attached hydrogens (tertiary/aromatic N) is 6. The Bertz CT molecular complexity index is 4800. The summed E-state index contributed by atoms with van der Waals surface area (Å²) in [6.07, 6.45) is -2.18. The number of aromatic carboxylic acids is 1. The summed E-state index contributed by atoms with van der Waals surface area (Å²) in [6, 6.07) is 21.4. The number of phenolic OH excluding ortho intramolecular Hbond substituents is 2. The Labute approximate surface area is 727 Å². The second-order valence-corrected chi connectivity index (χ2v) is 29.8. The number of phenols is 3. The van der Waals surface area contributed by atoms with Crippen LogP contribution < -0.4 is 29.8 Å². The molecule has 0 saturated carbocycles. The Kier molecular flexibility index (Phi) is 46.1. The number of benzene rings is 5. The molecule has 0 bridgehead atoms. The number of esters is 3. The zero-order valence-corrected chi connectivity index (χ0v) is 73.3. The number of amides is 6. The van der Waals surface area contributed by atoms with Gasteiger partial charge in [-0.15, -0.1) is 0 Å². The van der Waals surface area contributed by atoms with Crippen molar-refractivity contribution in [2.75, 3.05) is 51.9 Å². The number of carboxylic acid groups (broad SMARTS) is 6. The second-order valence-electron chi connectivity index (χ2n) is 29.8. The van der Waals surface area contributed by atoms with Crippen molar-refractivity contribution in [1.82, 2.24) is 5.32 Å². The van der Waals surface area contributed by atoms with E-state index in [0.29, 0.717) is 16.9 Å². The van der Waals surface area contributed by atoms with Crippen molar-refractivity contribution in [1.29, 1.82) is 5.26 Å². The van der Waals surface area contributed by atoms with Crippen LogP contribution in [0.2, 0.25) is 0 Å². The third-order valence-electron chi connectivity index (χ3n) is 18.2. The first-order chi connectivity index (χ1) is 58.7. The number of carboxylic acids is 6. The number of ketones is 4. The molecule has 6 amide bonds. The molecule has 0 aliphatic rings. The predicted octanol–water partition coefficient (Wildman–Crippen LogP) is 9.69. The monoisotopic (exact) mass is 1760 g/mol. The van der Waals surface area contributed by atoms with Crippen LogP contribution in [0.1, 0.15) is 209 Å². The van der Waals surface area contributed by atoms with Crippen LogP contribution >= 0.6 is 0 Å². The van der Waals surface area contributed by atoms with Crippen molar-refractivity contribution in [3.63, 3.8) is 0 Å². The number of carbonyl (C=O) groups excluding carboxylic acids is 13. The van der Waals surface area contributed by atoms with Gasteiger partial charge in [0.1, 0.15) is 41.0 Å². The lowest BCUT2D eigenvalue weighted by Gasteiger charge is -2.33. The third kappa shape index (κ3) is 34.6. The van der Waals surface area contributed by atoms with Gasteiger partial charge in [-0.05, 0) is 115 Å². The van der Waals surface area contributed by atoms with E-state index in [1.807, 2.05) is 6.07 Å². The summed E-state index contributed by atoms with van der Waals surface area (Å²) in [5.41, 5.74) is 1.27. The molecule has 5 unspecified atom stereocenters. The summed E-state index contributed by atoms with van der Waals surface area (Å²) in [4.78, 5) is 230. The number of ether oxygens (including phenoxy) is 3. The van der Waals surface area contributed by atoms with Gasteiger partial charge in [0.05, 0.1) is 93.4 Å². The molecule has 38 nitrogen and oxygen atoms in total. The highest BCUT2D eigenvalue weighted by molar-refractivity contribution is 6.07. The van der Waals surface area contributed by atoms with Crippen molar-refractivity contribution in [2.45, 2.75) is 192 Å². The van der Waals surface area contributed by atoms with Gasteiger partial charge in [-0.25, -0.2) is 19.2 Å². The minimum atomic E-state index is -1.32. The highest BCUT2D eigenvalue weighted by atomic mass is 16.5. The van der Waals surface area contributed by atoms with E-state index in [-0.39, 0.29) is 156 Å². The van der Waals surface area contributed by atoms with Crippen molar-refractivity contribution in [2.24, 2.45) is 29.6 Å². The van der Waals surface area contributed by atoms with Gasteiger partial charge < -0.3 is 85.1 Å². The average molecular weight is 1760 g/mol. The first-order valence-corrected chi connectivity index (χ1v) is 39.3. The lowest BCUT2D eigenvalue weighted by atomic mass is 9.94. The lowest BCUT2D eigenvalue weighted by molar-refractivity contribution is -0.139. The summed E-state index contributed by atoms with van der Waals surface area (Å²) in [5, 5.41) is 93.4. The molecule has 5 aromatic rings. The number of rotatable bonds is 39. The van der Waals surface area contributed by atoms with E-state index in [1.165, 1.54) is 124 Å². The van der Waals surface area contributed by atoms with E-state index < -0.39 is 137 Å². The van der Waals surface area contributed by atoms with Crippen LogP contribution in [-0.2, 0) is 86.1 Å². The first-order valence-electron chi connectivity index (χ1n) is 39.3. The number of hydrogen-bond donors (Lipinski definition) is 10. The van der Waals surface area contributed by atoms with Crippen molar-refractivity contribution in [3.05, 3.63) is 131 Å². The molecule has 10 N–H and O–H groups in total. The molecule has 0 spiro atoms. The maximum absolute atomic E-state index is 12.7. The number of nitriles is 1. The molecule has 0 heterocycles. The molecule has 0 aliphatic heterocycles. The van der Waals surface area contributed by atoms with Gasteiger partial charge >= 0.3 is 53.7 Å². The molecule has 5 rings (SSSR count). The summed E-state index contributed by atoms with van der Waals surface area (Å²) in [6.45, 7) is 25.1. The zero-order valence-electron chi connectivity index (χ0n) is 73.3. The Balaban J connectivity index is 0.000000790. The predicted molar refractivity (Wildman–Crippen MR) is 455 cm³/mol. The Morgan fingerprint density at radius 1 is 0.365 bits per heavy atom. The second kappa shape index (κ2) is 52.9. The maximum atomic E-state index is 12.7. The fourth-order valence-corrected chi connectivity index (χ4v) is 12.9. The Morgan fingerprint density at radius 2 is 0.698 bits per heavy atom. The Morgan fingerprint density at radius 3 is 1.01 bits per heavy atom. The van der Waals surface area contributed by atoms with Crippen LogP contribution in [0.3, 0.4) is 0 Å². The van der Waals surface area contributed by atoms with Gasteiger partial charge in [0.25, 0.3) is 0 Å². The van der Waals surface area contributed by atoms with E-state index in [2.05, 4.69) is 5.32 Å². The SMILES string of the molecule is CC(=O)N(c1ccc(C(=O)O)c(O)c1)C(C(=O)CCC(=O)O)C(C)C.CC(=O)N(c1cccc(C#N)c1)C(C(=O)NCC(=O)O)C(C)C.CC(=O)N(c1cccc(O)c1)C(C(=O)CCC(=O)O)C(C)C.CCOC(=O)c1cc(N(C(C)=O)C(C(=O)CCC(=O)O)C(C)C)ccc1O.COC(=O)c1cc(C(=O)OC)cc(N(C(C)=O)C(C(=O)CCC(=O)O)C(C)C)c1. The third-order valence-corrected chi connectivity index (χ3v) is 18.2. The first kappa shape index (κ1) is 110. The van der Waals surface area contributed by atoms with Crippen LogP contribution in [0, 0.1) is 40.9 Å². The number of carbonyl (C=O) groups is 19. The van der Waals surface area contributed by atoms with Crippen LogP contribution in [0.25, 0.3) is 0 Å². The molecule has 126 heavy (non-hydrogen) atoms. The van der Waals surface area contributed by atoms with Crippen LogP contribution in [0.15, 0.2) is 103 Å². The Hall–Kier alpha value is -14.3. The lowest BCUT2D eigenvalue weighted by Crippen LogP contribution is -2.52. The quantitative estimate of drug-likeness (QED) is 0.0129. The summed E-state index contributed by atoms with van der Waals surface area (Å²) < 4.78 is 14.3. The highest BCUT2D eigenvalue weighted by Gasteiger charge is 2.39. The molecule has 0 radical (unpaired) electrons. The minimum Gasteiger partial charge on any atom is -0.508 e. The van der Waals surface area contributed by atoms with Crippen LogP contribution in [0.5, 0.6) is 17.2 Å². The highest BCUT2D eigenvalue weighted by Crippen LogP contribution is 2.34. The fraction of sp³-hybridized carbons (Fsp3) is 0.432. The van der Waals surface area contributed by atoms with Gasteiger partial charge in [-0.2, -0.15) is 5.26 Å². The minimum absolute atomic E-state index is 0.00265. The van der Waals surface area contributed by atoms with E-state index in [1.54, 1.807) is 106 Å². The fourth-order valence-electron chi connectivity index (χ4n) is 12.9. The molecule has 5 aromatic carbocycles. The molecule has 0 aromatic heterocycles. The van der Waals surface area contributed by atoms with Crippen molar-refractivity contribution >= 4 is 141 Å². The molecule has 0 aliphatic carbocycles. The summed E-state index contributed by atoms with van der Waals surface area (Å²) in [7, 11) is 2.34. The van der Waals surface area contributed by atoms with Gasteiger partial charge in [0.2, 0.25) is 35.4 Å². The summed E-state index contributed by atoms with van der Waals surface area (Å²) in [5.74, 6) is -15.6. The van der Waals surface area contributed by atoms with Gasteiger partial charge in [-0.1, -0.05) is 81.4 Å². The normalized spacial score (nSPS) is 11.7. The standard InChI is InChI=1S/C20H25NO8.C19H25NO7.C17H21NO7.C16H19N3O4.C16H21NO5/c1-11(2)18(16(23)6-7-17(24)25)21(12(3)22)15-9-13(19(26)28-4)8-14(10-15)20(27)29-5;1-5-27-19(26)14-10-13(6-7-15(14)22)20(12(4)21)18(11(2)3)16(23)8-9-17(24)25;1-9(2)16(13(20)6-7-15(22)23)18(10(3)19)11-4-5-12(17(24)25)14(21)8-11;1-10(2)15(16(23)18-9-14(21)22)19(11(3)20)13-6-4-5-12(7-13)8-17;1-10(2)16(14(20)7-8-15(21)22)17(11(3)18)12-5-4-6-13(19)9-12/h8-11,18H,6-7H2,1-5H3,(H,24,25);6-7,10-11,18,22H,5,8-9H2,1-4H3,(H,24,25);4-5,8-9,16,21H,6-7H2,1-3H3,(H,22,23)(H,24,25);4-7,10,15H,9H2,1-3H3,(H,18,23)(H,21,22);4-6,9-10,16,19H,7-8H2,1-3H3,(H,21,22). The number of hydrogen-bond acceptors (Lipinski definition) is 26. The van der Waals surface area contributed by atoms with E-state index in [0.717, 1.165) is 21.9 Å². The molecule has 0 fully saturated rings. The van der Waals surface area contributed by atoms with E-state index in [4.69, 9.17) is 50.1 Å². The van der Waals surface area contributed by atoms with Crippen molar-refractivity contribution < 1.29 is 151 Å². The average Bonchev–Trinajstić information content (AvgIpc) is 0.809. The van der Waals surface area contributed by atoms with Crippen molar-refractivity contribution in [3.8, 4) is 23.3 Å². The maximum Gasteiger partial charge on any atom is 0.341 e. The topological polar surface area (TPSA) is 586 Å². The number of methoxy groups -OCH3 is 2. The molecule has 684 valence electrons. The number of aromatic hydroxyl groups is 3. The number of anilines is 5. The van der Waals surface area contributed by atoms with E-state index >= 15 is 0 Å². The molecule has 0 saturated heterocycles. The molecular formula is C88H111N7O31. The van der Waals surface area contributed by atoms with Crippen LogP contribution in [-0.4, -0.2) is 216 Å². The molecule has 5 atom stereocenters. The zero-order chi connectivity index (χ0) is 96.8. The van der Waals surface area contributed by atoms with Gasteiger partial charge in [0.15, 0.2) is 23.1 Å². The van der Waals surface area contributed by atoms with Gasteiger partial charge in [0, 0.05) is 101 Å². The van der Waals surface area contributed by atoms with Crippen LogP contribution in [0.4, 0.5) is 28.4 Å². The van der Waals surface area contributed by atoms with Gasteiger partial charge in [-0.3, -0.25) is 76.8 Å². The molecular weight excluding hydrogens is 1650 g/mol. The number of Topliss-reactive ketones (excluding diaryl/α,β-unsaturated/α-hetero) is 4. The number of nitrogens with one attached hydrogen (secondary N) is 1.